The highest BCUT2D eigenvalue weighted by molar-refractivity contribution is 7.89. The molecule has 1 aliphatic carbocycles. The minimum Gasteiger partial charge on any atom is -0.393 e. The maximum absolute atomic E-state index is 11.9. The van der Waals surface area contributed by atoms with E-state index in [0.717, 1.165) is 12.8 Å². The molecule has 7 heteroatoms. The number of hydrogen-bond acceptors (Lipinski definition) is 4. The van der Waals surface area contributed by atoms with Gasteiger partial charge in [0.1, 0.15) is 4.90 Å². The topological polar surface area (TPSA) is 95.1 Å². The Labute approximate surface area is 100 Å². The van der Waals surface area contributed by atoms with Gasteiger partial charge in [-0.15, -0.1) is 0 Å². The molecular weight excluding hydrogens is 242 g/mol. The molecule has 1 heterocycles. The maximum atomic E-state index is 11.9. The van der Waals surface area contributed by atoms with Crippen molar-refractivity contribution < 1.29 is 13.5 Å². The van der Waals surface area contributed by atoms with E-state index in [1.165, 1.54) is 6.20 Å². The molecule has 1 saturated carbocycles. The third-order valence-electron chi connectivity index (χ3n) is 3.15. The number of aliphatic hydroxyl groups is 1. The Hall–Kier alpha value is -0.920. The first-order valence-corrected chi connectivity index (χ1v) is 7.15. The Morgan fingerprint density at radius 2 is 2.35 bits per heavy atom. The molecule has 6 nitrogen and oxygen atoms in total. The number of aromatic nitrogens is 2. The molecule has 1 aliphatic rings. The molecule has 17 heavy (non-hydrogen) atoms. The van der Waals surface area contributed by atoms with Crippen LogP contribution in [0.25, 0.3) is 0 Å². The molecule has 96 valence electrons. The van der Waals surface area contributed by atoms with E-state index in [1.54, 1.807) is 6.92 Å². The second-order valence-electron chi connectivity index (χ2n) is 4.54. The van der Waals surface area contributed by atoms with Crippen molar-refractivity contribution in [2.45, 2.75) is 37.2 Å². The zero-order valence-electron chi connectivity index (χ0n) is 9.68. The first-order valence-electron chi connectivity index (χ1n) is 5.67. The summed E-state index contributed by atoms with van der Waals surface area (Å²) in [6, 6.07) is 0. The molecule has 0 spiro atoms. The lowest BCUT2D eigenvalue weighted by Crippen LogP contribution is -2.29. The number of nitrogens with one attached hydrogen (secondary N) is 2. The Kier molecular flexibility index (Phi) is 3.50. The number of rotatable bonds is 4. The lowest BCUT2D eigenvalue weighted by Gasteiger charge is -2.10. The van der Waals surface area contributed by atoms with Crippen molar-refractivity contribution in [2.24, 2.45) is 5.92 Å². The van der Waals surface area contributed by atoms with Crippen molar-refractivity contribution in [1.29, 1.82) is 0 Å². The van der Waals surface area contributed by atoms with Gasteiger partial charge in [0.25, 0.3) is 0 Å². The minimum absolute atomic E-state index is 0.191. The molecule has 0 radical (unpaired) electrons. The van der Waals surface area contributed by atoms with Crippen molar-refractivity contribution in [2.75, 3.05) is 6.54 Å². The Morgan fingerprint density at radius 3 is 2.88 bits per heavy atom. The molecule has 0 aliphatic heterocycles. The van der Waals surface area contributed by atoms with Crippen molar-refractivity contribution in [1.82, 2.24) is 14.9 Å². The van der Waals surface area contributed by atoms with Crippen molar-refractivity contribution in [3.05, 3.63) is 11.9 Å². The van der Waals surface area contributed by atoms with E-state index in [-0.39, 0.29) is 16.9 Å². The van der Waals surface area contributed by atoms with Crippen LogP contribution in [-0.4, -0.2) is 36.4 Å². The van der Waals surface area contributed by atoms with Crippen LogP contribution < -0.4 is 4.72 Å². The van der Waals surface area contributed by atoms with Crippen LogP contribution >= 0.6 is 0 Å². The summed E-state index contributed by atoms with van der Waals surface area (Å²) in [7, 11) is -3.48. The number of sulfonamides is 1. The molecule has 0 amide bonds. The fourth-order valence-corrected chi connectivity index (χ4v) is 3.40. The molecule has 3 N–H and O–H groups in total. The summed E-state index contributed by atoms with van der Waals surface area (Å²) >= 11 is 0. The fourth-order valence-electron chi connectivity index (χ4n) is 2.15. The van der Waals surface area contributed by atoms with Gasteiger partial charge in [0, 0.05) is 6.54 Å². The predicted octanol–water partition coefficient (Wildman–Crippen LogP) is 0.157. The van der Waals surface area contributed by atoms with Gasteiger partial charge in [-0.1, -0.05) is 0 Å². The first-order chi connectivity index (χ1) is 7.99. The summed E-state index contributed by atoms with van der Waals surface area (Å²) in [6.45, 7) is 2.05. The van der Waals surface area contributed by atoms with Gasteiger partial charge in [0.05, 0.1) is 18.0 Å². The minimum atomic E-state index is -3.48. The molecule has 2 atom stereocenters. The molecule has 0 aromatic carbocycles. The standard InChI is InChI=1S/C10H17N3O3S/c1-7-10(6-11-13-7)17(15,16)12-5-8-2-3-9(14)4-8/h6,8-9,12,14H,2-5H2,1H3,(H,11,13). The van der Waals surface area contributed by atoms with Crippen LogP contribution in [0.15, 0.2) is 11.1 Å². The van der Waals surface area contributed by atoms with Gasteiger partial charge in [0.15, 0.2) is 0 Å². The van der Waals surface area contributed by atoms with Crippen LogP contribution in [-0.2, 0) is 10.0 Å². The zero-order chi connectivity index (χ0) is 12.5. The summed E-state index contributed by atoms with van der Waals surface area (Å²) in [6.07, 6.45) is 3.33. The lowest BCUT2D eigenvalue weighted by molar-refractivity contribution is 0.178. The number of H-pyrrole nitrogens is 1. The molecule has 2 rings (SSSR count). The van der Waals surface area contributed by atoms with Gasteiger partial charge in [0.2, 0.25) is 10.0 Å². The van der Waals surface area contributed by atoms with E-state index in [0.29, 0.717) is 18.7 Å². The van der Waals surface area contributed by atoms with Gasteiger partial charge >= 0.3 is 0 Å². The van der Waals surface area contributed by atoms with Gasteiger partial charge in [-0.25, -0.2) is 13.1 Å². The van der Waals surface area contributed by atoms with Crippen LogP contribution in [0.5, 0.6) is 0 Å². The molecule has 1 aromatic rings. The van der Waals surface area contributed by atoms with E-state index in [4.69, 9.17) is 0 Å². The number of nitrogens with zero attached hydrogens (tertiary/aromatic N) is 1. The van der Waals surface area contributed by atoms with Gasteiger partial charge in [-0.2, -0.15) is 5.10 Å². The second kappa shape index (κ2) is 4.75. The van der Waals surface area contributed by atoms with E-state index < -0.39 is 10.0 Å². The summed E-state index contributed by atoms with van der Waals surface area (Å²) in [5.41, 5.74) is 0.531. The van der Waals surface area contributed by atoms with Crippen LogP contribution in [0.3, 0.4) is 0 Å². The average molecular weight is 259 g/mol. The summed E-state index contributed by atoms with van der Waals surface area (Å²) in [5, 5.41) is 15.7. The van der Waals surface area contributed by atoms with Crippen LogP contribution in [0, 0.1) is 12.8 Å². The normalized spacial score (nSPS) is 25.3. The second-order valence-corrected chi connectivity index (χ2v) is 6.28. The summed E-state index contributed by atoms with van der Waals surface area (Å²) < 4.78 is 26.4. The Bertz CT molecular complexity index is 483. The maximum Gasteiger partial charge on any atom is 0.243 e. The highest BCUT2D eigenvalue weighted by atomic mass is 32.2. The first kappa shape index (κ1) is 12.5. The average Bonchev–Trinajstić information content (AvgIpc) is 2.85. The van der Waals surface area contributed by atoms with E-state index in [9.17, 15) is 13.5 Å². The number of aromatic amines is 1. The number of aliphatic hydroxyl groups excluding tert-OH is 1. The van der Waals surface area contributed by atoms with Gasteiger partial charge < -0.3 is 5.11 Å². The van der Waals surface area contributed by atoms with Crippen molar-refractivity contribution in [3.63, 3.8) is 0 Å². The van der Waals surface area contributed by atoms with Crippen molar-refractivity contribution >= 4 is 10.0 Å². The van der Waals surface area contributed by atoms with Crippen molar-refractivity contribution in [3.8, 4) is 0 Å². The molecule has 1 fully saturated rings. The number of hydrogen-bond donors (Lipinski definition) is 3. The molecule has 2 unspecified atom stereocenters. The van der Waals surface area contributed by atoms with Crippen LogP contribution in [0.4, 0.5) is 0 Å². The summed E-state index contributed by atoms with van der Waals surface area (Å²) in [5.74, 6) is 0.229. The zero-order valence-corrected chi connectivity index (χ0v) is 10.5. The Morgan fingerprint density at radius 1 is 1.59 bits per heavy atom. The predicted molar refractivity (Wildman–Crippen MR) is 61.9 cm³/mol. The highest BCUT2D eigenvalue weighted by Crippen LogP contribution is 2.25. The molecule has 0 saturated heterocycles. The number of aryl methyl sites for hydroxylation is 1. The van der Waals surface area contributed by atoms with E-state index in [2.05, 4.69) is 14.9 Å². The van der Waals surface area contributed by atoms with Gasteiger partial charge in [-0.05, 0) is 32.1 Å². The fraction of sp³-hybridized carbons (Fsp3) is 0.700. The highest BCUT2D eigenvalue weighted by Gasteiger charge is 2.25. The smallest absolute Gasteiger partial charge is 0.243 e. The SMILES string of the molecule is Cc1[nH]ncc1S(=O)(=O)NCC1CCC(O)C1. The van der Waals surface area contributed by atoms with Crippen LogP contribution in [0.1, 0.15) is 25.0 Å². The third kappa shape index (κ3) is 2.85. The third-order valence-corrected chi connectivity index (χ3v) is 4.69. The largest absolute Gasteiger partial charge is 0.393 e. The monoisotopic (exact) mass is 259 g/mol. The molecular formula is C10H17N3O3S. The van der Waals surface area contributed by atoms with Crippen LogP contribution in [0.2, 0.25) is 0 Å². The molecule has 0 bridgehead atoms. The Balaban J connectivity index is 1.97. The summed E-state index contributed by atoms with van der Waals surface area (Å²) in [4.78, 5) is 0.191. The molecule has 1 aromatic heterocycles. The van der Waals surface area contributed by atoms with Gasteiger partial charge in [-0.3, -0.25) is 5.10 Å². The van der Waals surface area contributed by atoms with E-state index in [1.807, 2.05) is 0 Å². The lowest BCUT2D eigenvalue weighted by atomic mass is 10.1. The quantitative estimate of drug-likeness (QED) is 0.717. The van der Waals surface area contributed by atoms with E-state index >= 15 is 0 Å².